The van der Waals surface area contributed by atoms with E-state index >= 15 is 0 Å². The van der Waals surface area contributed by atoms with Gasteiger partial charge in [-0.1, -0.05) is 42.5 Å². The molecule has 1 fully saturated rings. The van der Waals surface area contributed by atoms with Crippen molar-refractivity contribution in [2.45, 2.75) is 38.6 Å². The second-order valence-electron chi connectivity index (χ2n) is 6.70. The minimum Gasteiger partial charge on any atom is -0.345 e. The van der Waals surface area contributed by atoms with Crippen LogP contribution in [-0.4, -0.2) is 25.5 Å². The summed E-state index contributed by atoms with van der Waals surface area (Å²) >= 11 is 0. The normalized spacial score (nSPS) is 17.6. The van der Waals surface area contributed by atoms with E-state index in [1.807, 2.05) is 0 Å². The molecule has 0 saturated carbocycles. The van der Waals surface area contributed by atoms with Gasteiger partial charge in [-0.2, -0.15) is 0 Å². The summed E-state index contributed by atoms with van der Waals surface area (Å²) in [7, 11) is 0. The first-order valence-corrected chi connectivity index (χ1v) is 8.84. The van der Waals surface area contributed by atoms with Gasteiger partial charge in [-0.3, -0.25) is 4.79 Å². The summed E-state index contributed by atoms with van der Waals surface area (Å²) in [6.45, 7) is 4.96. The number of carbonyl (C=O) groups excluding carboxylic acids is 1. The van der Waals surface area contributed by atoms with E-state index in [0.717, 1.165) is 13.1 Å². The summed E-state index contributed by atoms with van der Waals surface area (Å²) in [6, 6.07) is 14.7. The molecule has 0 radical (unpaired) electrons. The zero-order valence-corrected chi connectivity index (χ0v) is 14.0. The summed E-state index contributed by atoms with van der Waals surface area (Å²) in [5.74, 6) is 0.169. The second-order valence-corrected chi connectivity index (χ2v) is 6.70. The average Bonchev–Trinajstić information content (AvgIpc) is 2.82. The maximum atomic E-state index is 12.4. The Bertz CT molecular complexity index is 654. The van der Waals surface area contributed by atoms with E-state index in [2.05, 4.69) is 54.7 Å². The molecule has 1 atom stereocenters. The molecule has 2 aromatic rings. The molecular weight excluding hydrogens is 284 g/mol. The minimum atomic E-state index is 0.0416. The van der Waals surface area contributed by atoms with Crippen LogP contribution in [0.15, 0.2) is 42.5 Å². The van der Waals surface area contributed by atoms with Crippen molar-refractivity contribution >= 4 is 16.7 Å². The minimum absolute atomic E-state index is 0.0416. The van der Waals surface area contributed by atoms with Crippen molar-refractivity contribution in [2.75, 3.05) is 19.6 Å². The van der Waals surface area contributed by atoms with Gasteiger partial charge in [-0.05, 0) is 48.9 Å². The summed E-state index contributed by atoms with van der Waals surface area (Å²) in [5.41, 5.74) is 1.20. The number of rotatable bonds is 4. The monoisotopic (exact) mass is 311 g/mol. The molecule has 2 aromatic carbocycles. The van der Waals surface area contributed by atoms with Crippen LogP contribution >= 0.6 is 0 Å². The number of quaternary nitrogens is 1. The summed E-state index contributed by atoms with van der Waals surface area (Å²) in [6.07, 6.45) is 5.14. The van der Waals surface area contributed by atoms with Crippen LogP contribution in [0.3, 0.4) is 0 Å². The van der Waals surface area contributed by atoms with E-state index < -0.39 is 0 Å². The van der Waals surface area contributed by atoms with Gasteiger partial charge in [0.1, 0.15) is 0 Å². The third kappa shape index (κ3) is 4.11. The highest BCUT2D eigenvalue weighted by Gasteiger charge is 2.18. The van der Waals surface area contributed by atoms with Crippen molar-refractivity contribution in [1.29, 1.82) is 0 Å². The molecule has 0 aromatic heterocycles. The van der Waals surface area contributed by atoms with Crippen LogP contribution in [-0.2, 0) is 4.79 Å². The topological polar surface area (TPSA) is 33.5 Å². The van der Waals surface area contributed by atoms with E-state index in [0.29, 0.717) is 6.54 Å². The van der Waals surface area contributed by atoms with Gasteiger partial charge in [0.05, 0.1) is 19.1 Å². The molecule has 3 rings (SSSR count). The van der Waals surface area contributed by atoms with Crippen LogP contribution in [0.1, 0.15) is 44.2 Å². The fourth-order valence-electron chi connectivity index (χ4n) is 3.63. The summed E-state index contributed by atoms with van der Waals surface area (Å²) < 4.78 is 0. The Hall–Kier alpha value is -1.87. The fourth-order valence-corrected chi connectivity index (χ4v) is 3.63. The Labute approximate surface area is 138 Å². The molecule has 1 aliphatic heterocycles. The molecule has 1 aliphatic rings. The Morgan fingerprint density at radius 1 is 1.04 bits per heavy atom. The number of nitrogens with one attached hydrogen (secondary N) is 2. The smallest absolute Gasteiger partial charge is 0.275 e. The van der Waals surface area contributed by atoms with Crippen LogP contribution in [0.4, 0.5) is 0 Å². The molecular formula is C20H27N2O+. The number of likely N-dealkylation sites (tertiary alicyclic amines) is 1. The van der Waals surface area contributed by atoms with Crippen molar-refractivity contribution < 1.29 is 9.69 Å². The maximum Gasteiger partial charge on any atom is 0.275 e. The fraction of sp³-hybridized carbons (Fsp3) is 0.450. The van der Waals surface area contributed by atoms with E-state index in [1.54, 1.807) is 0 Å². The van der Waals surface area contributed by atoms with Gasteiger partial charge < -0.3 is 10.2 Å². The number of fused-ring (bicyclic) bond motifs is 1. The quantitative estimate of drug-likeness (QED) is 0.893. The third-order valence-electron chi connectivity index (χ3n) is 4.89. The first kappa shape index (κ1) is 16.0. The van der Waals surface area contributed by atoms with Gasteiger partial charge >= 0.3 is 0 Å². The van der Waals surface area contributed by atoms with Gasteiger partial charge in [0.15, 0.2) is 6.54 Å². The van der Waals surface area contributed by atoms with Crippen LogP contribution in [0.2, 0.25) is 0 Å². The van der Waals surface area contributed by atoms with Crippen molar-refractivity contribution in [3.63, 3.8) is 0 Å². The molecule has 1 heterocycles. The Morgan fingerprint density at radius 3 is 2.52 bits per heavy atom. The van der Waals surface area contributed by atoms with Gasteiger partial charge in [0, 0.05) is 0 Å². The van der Waals surface area contributed by atoms with Crippen molar-refractivity contribution in [3.8, 4) is 0 Å². The predicted octanol–water partition coefficient (Wildman–Crippen LogP) is 2.48. The highest BCUT2D eigenvalue weighted by molar-refractivity contribution is 5.87. The van der Waals surface area contributed by atoms with E-state index in [4.69, 9.17) is 0 Å². The second kappa shape index (κ2) is 7.60. The molecule has 1 saturated heterocycles. The molecule has 1 amide bonds. The average molecular weight is 311 g/mol. The predicted molar refractivity (Wildman–Crippen MR) is 94.5 cm³/mol. The maximum absolute atomic E-state index is 12.4. The van der Waals surface area contributed by atoms with Gasteiger partial charge in [-0.25, -0.2) is 0 Å². The number of hydrogen-bond donors (Lipinski definition) is 2. The lowest BCUT2D eigenvalue weighted by molar-refractivity contribution is -0.891. The Kier molecular flexibility index (Phi) is 5.29. The zero-order valence-electron chi connectivity index (χ0n) is 14.0. The van der Waals surface area contributed by atoms with Crippen LogP contribution in [0, 0.1) is 0 Å². The van der Waals surface area contributed by atoms with Crippen LogP contribution in [0.5, 0.6) is 0 Å². The highest BCUT2D eigenvalue weighted by Crippen LogP contribution is 2.23. The molecule has 0 spiro atoms. The number of benzene rings is 2. The molecule has 3 heteroatoms. The first-order chi connectivity index (χ1) is 11.2. The first-order valence-electron chi connectivity index (χ1n) is 8.84. The van der Waals surface area contributed by atoms with Crippen molar-refractivity contribution in [2.24, 2.45) is 0 Å². The van der Waals surface area contributed by atoms with Crippen LogP contribution in [0.25, 0.3) is 10.8 Å². The van der Waals surface area contributed by atoms with E-state index in [9.17, 15) is 4.79 Å². The Balaban J connectivity index is 1.65. The lowest BCUT2D eigenvalue weighted by Gasteiger charge is -2.20. The molecule has 23 heavy (non-hydrogen) atoms. The number of amides is 1. The lowest BCUT2D eigenvalue weighted by atomic mass is 10.00. The van der Waals surface area contributed by atoms with Gasteiger partial charge in [-0.15, -0.1) is 0 Å². The van der Waals surface area contributed by atoms with Gasteiger partial charge in [0.25, 0.3) is 5.91 Å². The summed E-state index contributed by atoms with van der Waals surface area (Å²) in [5, 5.41) is 5.65. The van der Waals surface area contributed by atoms with E-state index in [-0.39, 0.29) is 11.9 Å². The van der Waals surface area contributed by atoms with Crippen molar-refractivity contribution in [3.05, 3.63) is 48.0 Å². The van der Waals surface area contributed by atoms with E-state index in [1.165, 1.54) is 46.9 Å². The SMILES string of the molecule is C[C@H](NC(=O)C[NH+]1CCCCCC1)c1cccc2ccccc12. The standard InChI is InChI=1S/C20H26N2O/c1-16(18-12-8-10-17-9-4-5-11-19(17)18)21-20(23)15-22-13-6-2-3-7-14-22/h4-5,8-12,16H,2-3,6-7,13-15H2,1H3,(H,21,23)/p+1/t16-/m0/s1. The number of hydrogen-bond acceptors (Lipinski definition) is 1. The zero-order chi connectivity index (χ0) is 16.1. The Morgan fingerprint density at radius 2 is 1.74 bits per heavy atom. The summed E-state index contributed by atoms with van der Waals surface area (Å²) in [4.78, 5) is 13.8. The molecule has 122 valence electrons. The molecule has 2 N–H and O–H groups in total. The molecule has 0 unspecified atom stereocenters. The lowest BCUT2D eigenvalue weighted by Crippen LogP contribution is -3.13. The number of carbonyl (C=O) groups is 1. The largest absolute Gasteiger partial charge is 0.345 e. The van der Waals surface area contributed by atoms with Crippen molar-refractivity contribution in [1.82, 2.24) is 5.32 Å². The highest BCUT2D eigenvalue weighted by atomic mass is 16.2. The molecule has 0 aliphatic carbocycles. The molecule has 3 nitrogen and oxygen atoms in total. The molecule has 0 bridgehead atoms. The van der Waals surface area contributed by atoms with Gasteiger partial charge in [0.2, 0.25) is 0 Å². The third-order valence-corrected chi connectivity index (χ3v) is 4.89. The van der Waals surface area contributed by atoms with Crippen LogP contribution < -0.4 is 10.2 Å².